The first kappa shape index (κ1) is 11.5. The quantitative estimate of drug-likeness (QED) is 0.745. The lowest BCUT2D eigenvalue weighted by atomic mass is 10.2. The summed E-state index contributed by atoms with van der Waals surface area (Å²) in [6, 6.07) is 3.85. The summed E-state index contributed by atoms with van der Waals surface area (Å²) in [6.07, 6.45) is 7.18. The van der Waals surface area contributed by atoms with Gasteiger partial charge in [-0.2, -0.15) is 5.10 Å². The fourth-order valence-electron chi connectivity index (χ4n) is 2.02. The number of rotatable bonds is 2. The zero-order valence-corrected chi connectivity index (χ0v) is 10.7. The fraction of sp³-hybridized carbons (Fsp3) is 0.154. The van der Waals surface area contributed by atoms with Crippen LogP contribution in [0.3, 0.4) is 0 Å². The Labute approximate surface area is 109 Å². The van der Waals surface area contributed by atoms with Crippen LogP contribution in [0.4, 0.5) is 0 Å². The molecule has 3 rings (SSSR count). The monoisotopic (exact) mass is 255 g/mol. The Hall–Kier alpha value is -2.63. The Bertz CT molecular complexity index is 755. The van der Waals surface area contributed by atoms with Gasteiger partial charge in [0.1, 0.15) is 11.3 Å². The van der Waals surface area contributed by atoms with E-state index >= 15 is 0 Å². The molecule has 0 aromatic carbocycles. The SMILES string of the molecule is CNC(=O)c1cnc2ccc(-c3cnn(C)c3)cn12. The third-order valence-electron chi connectivity index (χ3n) is 3.00. The van der Waals surface area contributed by atoms with Gasteiger partial charge >= 0.3 is 0 Å². The molecule has 0 spiro atoms. The van der Waals surface area contributed by atoms with E-state index in [-0.39, 0.29) is 5.91 Å². The average molecular weight is 255 g/mol. The molecule has 96 valence electrons. The highest BCUT2D eigenvalue weighted by molar-refractivity contribution is 5.93. The second-order valence-electron chi connectivity index (χ2n) is 4.27. The summed E-state index contributed by atoms with van der Waals surface area (Å²) < 4.78 is 3.52. The summed E-state index contributed by atoms with van der Waals surface area (Å²) >= 11 is 0. The Balaban J connectivity index is 2.16. The number of hydrogen-bond acceptors (Lipinski definition) is 3. The number of hydrogen-bond donors (Lipinski definition) is 1. The number of aromatic nitrogens is 4. The van der Waals surface area contributed by atoms with Crippen LogP contribution in [0.15, 0.2) is 36.9 Å². The van der Waals surface area contributed by atoms with Crippen LogP contribution in [0.5, 0.6) is 0 Å². The molecule has 0 radical (unpaired) electrons. The van der Waals surface area contributed by atoms with E-state index in [1.165, 1.54) is 0 Å². The molecule has 0 aliphatic carbocycles. The molecule has 0 aliphatic heterocycles. The molecule has 0 aliphatic rings. The fourth-order valence-corrected chi connectivity index (χ4v) is 2.02. The molecule has 0 unspecified atom stereocenters. The molecule has 0 fully saturated rings. The smallest absolute Gasteiger partial charge is 0.269 e. The van der Waals surface area contributed by atoms with E-state index in [9.17, 15) is 4.79 Å². The molecular weight excluding hydrogens is 242 g/mol. The third kappa shape index (κ3) is 1.87. The van der Waals surface area contributed by atoms with Crippen molar-refractivity contribution >= 4 is 11.6 Å². The van der Waals surface area contributed by atoms with E-state index in [1.807, 2.05) is 31.6 Å². The van der Waals surface area contributed by atoms with Crippen LogP contribution in [0.1, 0.15) is 10.5 Å². The molecule has 3 heterocycles. The zero-order chi connectivity index (χ0) is 13.4. The molecule has 0 saturated carbocycles. The first-order chi connectivity index (χ1) is 9.19. The summed E-state index contributed by atoms with van der Waals surface area (Å²) in [4.78, 5) is 16.0. The van der Waals surface area contributed by atoms with Crippen molar-refractivity contribution in [1.82, 2.24) is 24.5 Å². The van der Waals surface area contributed by atoms with Crippen LogP contribution in [-0.2, 0) is 7.05 Å². The van der Waals surface area contributed by atoms with Gasteiger partial charge in [-0.15, -0.1) is 0 Å². The van der Waals surface area contributed by atoms with Crippen LogP contribution in [0.25, 0.3) is 16.8 Å². The summed E-state index contributed by atoms with van der Waals surface area (Å²) in [7, 11) is 3.47. The van der Waals surface area contributed by atoms with Crippen molar-refractivity contribution in [3.8, 4) is 11.1 Å². The summed E-state index contributed by atoms with van der Waals surface area (Å²) in [5.74, 6) is -0.157. The van der Waals surface area contributed by atoms with E-state index in [1.54, 1.807) is 28.5 Å². The minimum absolute atomic E-state index is 0.157. The first-order valence-electron chi connectivity index (χ1n) is 5.87. The van der Waals surface area contributed by atoms with Crippen molar-refractivity contribution in [2.24, 2.45) is 7.05 Å². The summed E-state index contributed by atoms with van der Waals surface area (Å²) in [5, 5.41) is 6.75. The average Bonchev–Trinajstić information content (AvgIpc) is 3.03. The number of carbonyl (C=O) groups excluding carboxylic acids is 1. The Morgan fingerprint density at radius 2 is 2.05 bits per heavy atom. The molecule has 0 atom stereocenters. The Morgan fingerprint density at radius 1 is 1.21 bits per heavy atom. The van der Waals surface area contributed by atoms with Gasteiger partial charge in [0.25, 0.3) is 5.91 Å². The van der Waals surface area contributed by atoms with Crippen LogP contribution in [0, 0.1) is 0 Å². The molecule has 19 heavy (non-hydrogen) atoms. The third-order valence-corrected chi connectivity index (χ3v) is 3.00. The van der Waals surface area contributed by atoms with Gasteiger partial charge in [-0.25, -0.2) is 4.98 Å². The first-order valence-corrected chi connectivity index (χ1v) is 5.87. The summed E-state index contributed by atoms with van der Waals surface area (Å²) in [5.41, 5.74) is 3.25. The number of fused-ring (bicyclic) bond motifs is 1. The van der Waals surface area contributed by atoms with Crippen LogP contribution >= 0.6 is 0 Å². The number of amides is 1. The van der Waals surface area contributed by atoms with Gasteiger partial charge in [0.2, 0.25) is 0 Å². The number of carbonyl (C=O) groups is 1. The molecule has 0 saturated heterocycles. The van der Waals surface area contributed by atoms with Gasteiger partial charge < -0.3 is 5.32 Å². The van der Waals surface area contributed by atoms with E-state index in [0.717, 1.165) is 16.8 Å². The minimum atomic E-state index is -0.157. The molecule has 3 aromatic rings. The molecular formula is C13H13N5O. The molecule has 3 aromatic heterocycles. The highest BCUT2D eigenvalue weighted by atomic mass is 16.1. The number of aryl methyl sites for hydroxylation is 1. The zero-order valence-electron chi connectivity index (χ0n) is 10.7. The Morgan fingerprint density at radius 3 is 2.74 bits per heavy atom. The number of imidazole rings is 1. The van der Waals surface area contributed by atoms with Gasteiger partial charge in [0.05, 0.1) is 12.4 Å². The second kappa shape index (κ2) is 4.24. The predicted molar refractivity (Wildman–Crippen MR) is 70.8 cm³/mol. The van der Waals surface area contributed by atoms with Gasteiger partial charge in [0.15, 0.2) is 0 Å². The highest BCUT2D eigenvalue weighted by Gasteiger charge is 2.11. The molecule has 0 bridgehead atoms. The van der Waals surface area contributed by atoms with Crippen LogP contribution in [0.2, 0.25) is 0 Å². The molecule has 1 amide bonds. The largest absolute Gasteiger partial charge is 0.354 e. The Kier molecular flexibility index (Phi) is 2.56. The molecule has 1 N–H and O–H groups in total. The van der Waals surface area contributed by atoms with Gasteiger partial charge in [-0.1, -0.05) is 0 Å². The van der Waals surface area contributed by atoms with Crippen molar-refractivity contribution in [3.05, 3.63) is 42.6 Å². The molecule has 6 heteroatoms. The maximum atomic E-state index is 11.8. The van der Waals surface area contributed by atoms with E-state index < -0.39 is 0 Å². The minimum Gasteiger partial charge on any atom is -0.354 e. The maximum Gasteiger partial charge on any atom is 0.269 e. The lowest BCUT2D eigenvalue weighted by molar-refractivity contribution is 0.0957. The number of nitrogens with zero attached hydrogens (tertiary/aromatic N) is 4. The van der Waals surface area contributed by atoms with Crippen molar-refractivity contribution in [2.75, 3.05) is 7.05 Å². The van der Waals surface area contributed by atoms with E-state index in [2.05, 4.69) is 15.4 Å². The standard InChI is InChI=1S/C13H13N5O/c1-14-13(19)11-6-15-12-4-3-9(8-18(11)12)10-5-16-17(2)7-10/h3-8H,1-2H3,(H,14,19). The lowest BCUT2D eigenvalue weighted by Crippen LogP contribution is -2.19. The van der Waals surface area contributed by atoms with Gasteiger partial charge in [0, 0.05) is 37.6 Å². The van der Waals surface area contributed by atoms with Crippen LogP contribution < -0.4 is 5.32 Å². The second-order valence-corrected chi connectivity index (χ2v) is 4.27. The van der Waals surface area contributed by atoms with Gasteiger partial charge in [-0.05, 0) is 12.1 Å². The summed E-state index contributed by atoms with van der Waals surface area (Å²) in [6.45, 7) is 0. The van der Waals surface area contributed by atoms with Gasteiger partial charge in [-0.3, -0.25) is 13.9 Å². The normalized spacial score (nSPS) is 10.8. The van der Waals surface area contributed by atoms with E-state index in [4.69, 9.17) is 0 Å². The lowest BCUT2D eigenvalue weighted by Gasteiger charge is -2.03. The van der Waals surface area contributed by atoms with Crippen molar-refractivity contribution in [1.29, 1.82) is 0 Å². The predicted octanol–water partition coefficient (Wildman–Crippen LogP) is 1.09. The van der Waals surface area contributed by atoms with Crippen LogP contribution in [-0.4, -0.2) is 32.1 Å². The highest BCUT2D eigenvalue weighted by Crippen LogP contribution is 2.19. The number of pyridine rings is 1. The molecule has 6 nitrogen and oxygen atoms in total. The maximum absolute atomic E-state index is 11.8. The van der Waals surface area contributed by atoms with Crippen molar-refractivity contribution in [3.63, 3.8) is 0 Å². The topological polar surface area (TPSA) is 64.2 Å². The van der Waals surface area contributed by atoms with Crippen molar-refractivity contribution in [2.45, 2.75) is 0 Å². The van der Waals surface area contributed by atoms with Crippen molar-refractivity contribution < 1.29 is 4.79 Å². The number of nitrogens with one attached hydrogen (secondary N) is 1. The van der Waals surface area contributed by atoms with E-state index in [0.29, 0.717) is 5.69 Å².